The maximum Gasteiger partial charge on any atom is 0.408 e. The highest BCUT2D eigenvalue weighted by molar-refractivity contribution is 5.80. The van der Waals surface area contributed by atoms with Crippen molar-refractivity contribution in [2.75, 3.05) is 0 Å². The molecule has 0 aromatic heterocycles. The van der Waals surface area contributed by atoms with Crippen LogP contribution in [0.1, 0.15) is 26.3 Å². The first-order valence-corrected chi connectivity index (χ1v) is 6.57. The van der Waals surface area contributed by atoms with Crippen molar-refractivity contribution >= 4 is 12.1 Å². The number of carboxylic acids is 1. The molecule has 24 heavy (non-hydrogen) atoms. The molecule has 0 bridgehead atoms. The summed E-state index contributed by atoms with van der Waals surface area (Å²) < 4.78 is 71.1. The van der Waals surface area contributed by atoms with Crippen LogP contribution >= 0.6 is 0 Å². The van der Waals surface area contributed by atoms with Crippen LogP contribution in [0, 0.1) is 29.1 Å². The van der Waals surface area contributed by atoms with Gasteiger partial charge < -0.3 is 15.2 Å². The minimum Gasteiger partial charge on any atom is -0.480 e. The Hall–Kier alpha value is -2.39. The molecule has 0 fully saturated rings. The third-order valence-electron chi connectivity index (χ3n) is 2.70. The second kappa shape index (κ2) is 7.02. The molecular weight excluding hydrogens is 341 g/mol. The van der Waals surface area contributed by atoms with Crippen molar-refractivity contribution in [3.8, 4) is 0 Å². The van der Waals surface area contributed by atoms with Gasteiger partial charge >= 0.3 is 12.1 Å². The maximum atomic E-state index is 13.6. The van der Waals surface area contributed by atoms with E-state index in [2.05, 4.69) is 0 Å². The van der Waals surface area contributed by atoms with Gasteiger partial charge in [-0.25, -0.2) is 31.5 Å². The van der Waals surface area contributed by atoms with E-state index >= 15 is 0 Å². The second-order valence-electron chi connectivity index (χ2n) is 5.79. The SMILES string of the molecule is CC(C)(C)OC(=O)N[C@@H](Cc1c(F)c(F)c(F)c(F)c1F)C(=O)O. The van der Waals surface area contributed by atoms with Crippen LogP contribution in [0.4, 0.5) is 26.7 Å². The molecule has 10 heteroatoms. The molecule has 0 aliphatic heterocycles. The summed E-state index contributed by atoms with van der Waals surface area (Å²) in [4.78, 5) is 22.6. The lowest BCUT2D eigenvalue weighted by Gasteiger charge is -2.22. The number of nitrogens with one attached hydrogen (secondary N) is 1. The summed E-state index contributed by atoms with van der Waals surface area (Å²) in [5, 5.41) is 10.8. The molecular formula is C14H14F5NO4. The zero-order valence-corrected chi connectivity index (χ0v) is 12.8. The first kappa shape index (κ1) is 19.7. The number of hydrogen-bond acceptors (Lipinski definition) is 3. The Morgan fingerprint density at radius 3 is 1.79 bits per heavy atom. The highest BCUT2D eigenvalue weighted by Crippen LogP contribution is 2.24. The number of rotatable bonds is 4. The van der Waals surface area contributed by atoms with Crippen LogP contribution in [0.5, 0.6) is 0 Å². The summed E-state index contributed by atoms with van der Waals surface area (Å²) in [6.07, 6.45) is -2.39. The zero-order chi connectivity index (χ0) is 18.8. The molecule has 0 radical (unpaired) electrons. The number of amides is 1. The van der Waals surface area contributed by atoms with Gasteiger partial charge in [0.05, 0.1) is 0 Å². The molecule has 1 aromatic carbocycles. The Balaban J connectivity index is 3.11. The molecule has 134 valence electrons. The second-order valence-corrected chi connectivity index (χ2v) is 5.79. The number of carboxylic acid groups (broad SMARTS) is 1. The van der Waals surface area contributed by atoms with Crippen LogP contribution in [0.15, 0.2) is 0 Å². The van der Waals surface area contributed by atoms with Crippen LogP contribution in [0.3, 0.4) is 0 Å². The maximum absolute atomic E-state index is 13.6. The first-order valence-electron chi connectivity index (χ1n) is 6.57. The Morgan fingerprint density at radius 2 is 1.42 bits per heavy atom. The molecule has 1 aromatic rings. The molecule has 0 aliphatic carbocycles. The highest BCUT2D eigenvalue weighted by Gasteiger charge is 2.31. The number of halogens is 5. The molecule has 0 unspecified atom stereocenters. The summed E-state index contributed by atoms with van der Waals surface area (Å²) in [6.45, 7) is 4.44. The lowest BCUT2D eigenvalue weighted by atomic mass is 10.0. The van der Waals surface area contributed by atoms with Crippen LogP contribution in [-0.2, 0) is 16.0 Å². The van der Waals surface area contributed by atoms with Gasteiger partial charge in [-0.2, -0.15) is 0 Å². The van der Waals surface area contributed by atoms with Gasteiger partial charge in [-0.05, 0) is 20.8 Å². The first-order chi connectivity index (χ1) is 10.8. The van der Waals surface area contributed by atoms with Gasteiger partial charge in [-0.3, -0.25) is 0 Å². The van der Waals surface area contributed by atoms with Crippen molar-refractivity contribution in [2.24, 2.45) is 0 Å². The summed E-state index contributed by atoms with van der Waals surface area (Å²) in [6, 6.07) is -1.96. The summed E-state index contributed by atoms with van der Waals surface area (Å²) in [5.41, 5.74) is -2.34. The molecule has 0 saturated carbocycles. The molecule has 5 nitrogen and oxygen atoms in total. The molecule has 1 rings (SSSR count). The Kier molecular flexibility index (Phi) is 5.75. The van der Waals surface area contributed by atoms with Crippen LogP contribution in [0.2, 0.25) is 0 Å². The van der Waals surface area contributed by atoms with E-state index in [9.17, 15) is 31.5 Å². The minimum absolute atomic E-state index is 0.988. The minimum atomic E-state index is -2.36. The van der Waals surface area contributed by atoms with Crippen molar-refractivity contribution < 1.29 is 41.4 Å². The summed E-state index contributed by atoms with van der Waals surface area (Å²) in [5.74, 6) is -12.8. The average Bonchev–Trinajstić information content (AvgIpc) is 2.44. The smallest absolute Gasteiger partial charge is 0.408 e. The van der Waals surface area contributed by atoms with Gasteiger partial charge in [0.15, 0.2) is 23.3 Å². The highest BCUT2D eigenvalue weighted by atomic mass is 19.2. The van der Waals surface area contributed by atoms with E-state index < -0.39 is 64.8 Å². The van der Waals surface area contributed by atoms with Crippen molar-refractivity contribution in [3.05, 3.63) is 34.6 Å². The number of carbonyl (C=O) groups excluding carboxylic acids is 1. The number of alkyl carbamates (subject to hydrolysis) is 1. The van der Waals surface area contributed by atoms with Gasteiger partial charge in [-0.15, -0.1) is 0 Å². The molecule has 0 spiro atoms. The molecule has 0 saturated heterocycles. The number of carbonyl (C=O) groups is 2. The standard InChI is InChI=1S/C14H14F5NO4/c1-14(2,3)24-13(23)20-6(12(21)22)4-5-7(15)9(17)11(19)10(18)8(5)16/h6H,4H2,1-3H3,(H,20,23)(H,21,22)/t6-/m0/s1. The summed E-state index contributed by atoms with van der Waals surface area (Å²) >= 11 is 0. The van der Waals surface area contributed by atoms with Crippen molar-refractivity contribution in [3.63, 3.8) is 0 Å². The van der Waals surface area contributed by atoms with E-state index in [0.29, 0.717) is 0 Å². The Labute approximate surface area is 133 Å². The molecule has 1 atom stereocenters. The average molecular weight is 355 g/mol. The van der Waals surface area contributed by atoms with Crippen molar-refractivity contribution in [1.29, 1.82) is 0 Å². The summed E-state index contributed by atoms with van der Waals surface area (Å²) in [7, 11) is 0. The number of benzene rings is 1. The zero-order valence-electron chi connectivity index (χ0n) is 12.8. The fourth-order valence-corrected chi connectivity index (χ4v) is 1.68. The van der Waals surface area contributed by atoms with E-state index in [1.54, 1.807) is 5.32 Å². The lowest BCUT2D eigenvalue weighted by molar-refractivity contribution is -0.139. The van der Waals surface area contributed by atoms with Crippen LogP contribution in [0.25, 0.3) is 0 Å². The van der Waals surface area contributed by atoms with E-state index in [-0.39, 0.29) is 0 Å². The van der Waals surface area contributed by atoms with E-state index in [0.717, 1.165) is 0 Å². The number of ether oxygens (including phenoxy) is 1. The van der Waals surface area contributed by atoms with Crippen molar-refractivity contribution in [1.82, 2.24) is 5.32 Å². The molecule has 0 heterocycles. The van der Waals surface area contributed by atoms with Crippen LogP contribution in [-0.4, -0.2) is 28.8 Å². The predicted molar refractivity (Wildman–Crippen MR) is 70.7 cm³/mol. The lowest BCUT2D eigenvalue weighted by Crippen LogP contribution is -2.45. The fraction of sp³-hybridized carbons (Fsp3) is 0.429. The van der Waals surface area contributed by atoms with Crippen LogP contribution < -0.4 is 5.32 Å². The van der Waals surface area contributed by atoms with E-state index in [1.165, 1.54) is 20.8 Å². The quantitative estimate of drug-likeness (QED) is 0.495. The van der Waals surface area contributed by atoms with Gasteiger partial charge in [-0.1, -0.05) is 0 Å². The van der Waals surface area contributed by atoms with Gasteiger partial charge in [0.2, 0.25) is 5.82 Å². The number of hydrogen-bond donors (Lipinski definition) is 2. The third-order valence-corrected chi connectivity index (χ3v) is 2.70. The normalized spacial score (nSPS) is 12.7. The predicted octanol–water partition coefficient (Wildman–Crippen LogP) is 2.90. The van der Waals surface area contributed by atoms with E-state index in [4.69, 9.17) is 9.84 Å². The van der Waals surface area contributed by atoms with Gasteiger partial charge in [0.1, 0.15) is 11.6 Å². The molecule has 2 N–H and O–H groups in total. The van der Waals surface area contributed by atoms with Gasteiger partial charge in [0.25, 0.3) is 0 Å². The number of aliphatic carboxylic acids is 1. The van der Waals surface area contributed by atoms with E-state index in [1.807, 2.05) is 0 Å². The van der Waals surface area contributed by atoms with Crippen molar-refractivity contribution in [2.45, 2.75) is 38.8 Å². The third kappa shape index (κ3) is 4.56. The van der Waals surface area contributed by atoms with Gasteiger partial charge in [0, 0.05) is 12.0 Å². The topological polar surface area (TPSA) is 75.6 Å². The molecule has 0 aliphatic rings. The monoisotopic (exact) mass is 355 g/mol. The Morgan fingerprint density at radius 1 is 1.00 bits per heavy atom. The largest absolute Gasteiger partial charge is 0.480 e. The fourth-order valence-electron chi connectivity index (χ4n) is 1.68. The molecule has 1 amide bonds. The Bertz CT molecular complexity index is 643.